The summed E-state index contributed by atoms with van der Waals surface area (Å²) in [6.45, 7) is 3.66. The highest BCUT2D eigenvalue weighted by Crippen LogP contribution is 2.28. The number of tetrazole rings is 1. The number of fused-ring (bicyclic) bond motifs is 1. The van der Waals surface area contributed by atoms with E-state index < -0.39 is 6.04 Å². The molecule has 176 valence electrons. The summed E-state index contributed by atoms with van der Waals surface area (Å²) in [7, 11) is 3.68. The summed E-state index contributed by atoms with van der Waals surface area (Å²) in [6.07, 6.45) is 0. The summed E-state index contributed by atoms with van der Waals surface area (Å²) in [5.74, 6) is 0.956. The number of likely N-dealkylation sites (N-methyl/N-ethyl adjacent to an activating group) is 1. The number of pyridine rings is 1. The molecule has 34 heavy (non-hydrogen) atoms. The maximum Gasteiger partial charge on any atom is 0.253 e. The van der Waals surface area contributed by atoms with Crippen molar-refractivity contribution in [2.75, 3.05) is 40.3 Å². The second-order valence-corrected chi connectivity index (χ2v) is 8.57. The van der Waals surface area contributed by atoms with Crippen molar-refractivity contribution in [3.05, 3.63) is 81.7 Å². The minimum absolute atomic E-state index is 0.194. The van der Waals surface area contributed by atoms with Gasteiger partial charge in [-0.1, -0.05) is 12.1 Å². The zero-order chi connectivity index (χ0) is 23.7. The number of ether oxygens (including phenoxy) is 1. The van der Waals surface area contributed by atoms with E-state index in [0.717, 1.165) is 37.1 Å². The van der Waals surface area contributed by atoms with Crippen LogP contribution in [-0.4, -0.2) is 75.3 Å². The fourth-order valence-electron chi connectivity index (χ4n) is 4.39. The zero-order valence-electron chi connectivity index (χ0n) is 19.1. The number of piperazine rings is 1. The fraction of sp³-hybridized carbons (Fsp3) is 0.333. The second kappa shape index (κ2) is 9.32. The van der Waals surface area contributed by atoms with Gasteiger partial charge < -0.3 is 14.6 Å². The van der Waals surface area contributed by atoms with E-state index in [-0.39, 0.29) is 11.4 Å². The second-order valence-electron chi connectivity index (χ2n) is 8.57. The lowest BCUT2D eigenvalue weighted by molar-refractivity contribution is 0.121. The summed E-state index contributed by atoms with van der Waals surface area (Å²) >= 11 is 0. The van der Waals surface area contributed by atoms with Crippen LogP contribution in [0, 0.1) is 5.82 Å². The molecule has 2 aromatic carbocycles. The van der Waals surface area contributed by atoms with Gasteiger partial charge in [-0.15, -0.1) is 5.10 Å². The van der Waals surface area contributed by atoms with Crippen LogP contribution in [0.15, 0.2) is 53.3 Å². The molecule has 0 saturated carbocycles. The number of hydrogen-bond donors (Lipinski definition) is 1. The van der Waals surface area contributed by atoms with Gasteiger partial charge in [0.1, 0.15) is 17.6 Å². The lowest BCUT2D eigenvalue weighted by Crippen LogP contribution is -2.47. The standard InChI is InChI=1S/C24H26FN7O2/c1-30-9-11-31(12-10-30)22(20-13-17-5-8-19(34-2)14-21(17)26-24(20)33)23-27-28-29-32(23)15-16-3-6-18(25)7-4-16/h3-8,13-14,22H,9-12,15H2,1-2H3,(H,26,33). The van der Waals surface area contributed by atoms with Gasteiger partial charge in [0.05, 0.1) is 19.2 Å². The summed E-state index contributed by atoms with van der Waals surface area (Å²) in [6, 6.07) is 13.3. The molecule has 0 bridgehead atoms. The Morgan fingerprint density at radius 3 is 2.59 bits per heavy atom. The summed E-state index contributed by atoms with van der Waals surface area (Å²) in [5.41, 5.74) is 1.96. The number of nitrogens with one attached hydrogen (secondary N) is 1. The molecule has 1 saturated heterocycles. The van der Waals surface area contributed by atoms with Crippen LogP contribution in [0.4, 0.5) is 4.39 Å². The SMILES string of the molecule is COc1ccc2cc(C(c3nnnn3Cc3ccc(F)cc3)N3CCN(C)CC3)c(=O)[nH]c2c1. The largest absolute Gasteiger partial charge is 0.497 e. The number of aromatic amines is 1. The quantitative estimate of drug-likeness (QED) is 0.468. The molecule has 0 spiro atoms. The third-order valence-electron chi connectivity index (χ3n) is 6.33. The van der Waals surface area contributed by atoms with Gasteiger partial charge in [0, 0.05) is 37.8 Å². The van der Waals surface area contributed by atoms with Gasteiger partial charge in [0.25, 0.3) is 5.56 Å². The minimum Gasteiger partial charge on any atom is -0.497 e. The van der Waals surface area contributed by atoms with Gasteiger partial charge in [0.2, 0.25) is 0 Å². The van der Waals surface area contributed by atoms with E-state index in [1.165, 1.54) is 12.1 Å². The molecule has 1 atom stereocenters. The van der Waals surface area contributed by atoms with Gasteiger partial charge in [0.15, 0.2) is 5.82 Å². The summed E-state index contributed by atoms with van der Waals surface area (Å²) < 4.78 is 20.4. The van der Waals surface area contributed by atoms with E-state index in [2.05, 4.69) is 37.4 Å². The van der Waals surface area contributed by atoms with Crippen LogP contribution in [0.3, 0.4) is 0 Å². The molecule has 3 heterocycles. The van der Waals surface area contributed by atoms with Crippen LogP contribution in [0.1, 0.15) is 23.0 Å². The fourth-order valence-corrected chi connectivity index (χ4v) is 4.39. The van der Waals surface area contributed by atoms with Crippen molar-refractivity contribution < 1.29 is 9.13 Å². The van der Waals surface area contributed by atoms with Crippen molar-refractivity contribution in [1.29, 1.82) is 0 Å². The normalized spacial score (nSPS) is 16.1. The molecule has 0 radical (unpaired) electrons. The van der Waals surface area contributed by atoms with Gasteiger partial charge in [-0.2, -0.15) is 0 Å². The van der Waals surface area contributed by atoms with Crippen molar-refractivity contribution in [3.8, 4) is 5.75 Å². The predicted molar refractivity (Wildman–Crippen MR) is 125 cm³/mol. The molecular formula is C24H26FN7O2. The molecule has 0 aliphatic carbocycles. The van der Waals surface area contributed by atoms with E-state index >= 15 is 0 Å². The number of hydrogen-bond acceptors (Lipinski definition) is 7. The van der Waals surface area contributed by atoms with E-state index in [0.29, 0.717) is 29.2 Å². The number of nitrogens with zero attached hydrogens (tertiary/aromatic N) is 6. The molecule has 1 fully saturated rings. The highest BCUT2D eigenvalue weighted by molar-refractivity contribution is 5.80. The lowest BCUT2D eigenvalue weighted by atomic mass is 10.0. The molecule has 1 aliphatic heterocycles. The molecule has 9 nitrogen and oxygen atoms in total. The predicted octanol–water partition coefficient (Wildman–Crippen LogP) is 2.05. The Morgan fingerprint density at radius 1 is 1.09 bits per heavy atom. The Labute approximate surface area is 195 Å². The molecule has 5 rings (SSSR count). The molecule has 1 aliphatic rings. The van der Waals surface area contributed by atoms with Gasteiger partial charge in [-0.3, -0.25) is 9.69 Å². The van der Waals surface area contributed by atoms with Crippen molar-refractivity contribution in [1.82, 2.24) is 35.0 Å². The van der Waals surface area contributed by atoms with E-state index in [4.69, 9.17) is 4.74 Å². The topological polar surface area (TPSA) is 92.2 Å². The third-order valence-corrected chi connectivity index (χ3v) is 6.33. The lowest BCUT2D eigenvalue weighted by Gasteiger charge is -2.37. The smallest absolute Gasteiger partial charge is 0.253 e. The highest BCUT2D eigenvalue weighted by Gasteiger charge is 2.32. The molecule has 0 amide bonds. The zero-order valence-corrected chi connectivity index (χ0v) is 19.1. The average molecular weight is 464 g/mol. The van der Waals surface area contributed by atoms with Gasteiger partial charge in [-0.25, -0.2) is 9.07 Å². The van der Waals surface area contributed by atoms with Crippen LogP contribution in [0.5, 0.6) is 5.75 Å². The molecule has 1 N–H and O–H groups in total. The first-order valence-electron chi connectivity index (χ1n) is 11.2. The molecular weight excluding hydrogens is 437 g/mol. The minimum atomic E-state index is -0.431. The van der Waals surface area contributed by atoms with E-state index in [1.54, 1.807) is 23.9 Å². The van der Waals surface area contributed by atoms with Crippen molar-refractivity contribution in [3.63, 3.8) is 0 Å². The van der Waals surface area contributed by atoms with Crippen LogP contribution in [0.2, 0.25) is 0 Å². The number of rotatable bonds is 6. The van der Waals surface area contributed by atoms with Crippen LogP contribution in [-0.2, 0) is 6.54 Å². The van der Waals surface area contributed by atoms with Crippen molar-refractivity contribution >= 4 is 10.9 Å². The van der Waals surface area contributed by atoms with Crippen molar-refractivity contribution in [2.45, 2.75) is 12.6 Å². The molecule has 1 unspecified atom stereocenters. The number of H-pyrrole nitrogens is 1. The number of halogens is 1. The summed E-state index contributed by atoms with van der Waals surface area (Å²) in [5, 5.41) is 13.4. The van der Waals surface area contributed by atoms with Crippen molar-refractivity contribution in [2.24, 2.45) is 0 Å². The maximum atomic E-state index is 13.4. The molecule has 10 heteroatoms. The van der Waals surface area contributed by atoms with Crippen LogP contribution in [0.25, 0.3) is 10.9 Å². The Hall–Kier alpha value is -3.63. The number of methoxy groups -OCH3 is 1. The summed E-state index contributed by atoms with van der Waals surface area (Å²) in [4.78, 5) is 20.8. The van der Waals surface area contributed by atoms with E-state index in [9.17, 15) is 9.18 Å². The van der Waals surface area contributed by atoms with Gasteiger partial charge >= 0.3 is 0 Å². The monoisotopic (exact) mass is 463 g/mol. The first-order chi connectivity index (χ1) is 16.5. The molecule has 4 aromatic rings. The van der Waals surface area contributed by atoms with Crippen LogP contribution >= 0.6 is 0 Å². The maximum absolute atomic E-state index is 13.4. The number of benzene rings is 2. The van der Waals surface area contributed by atoms with Crippen LogP contribution < -0.4 is 10.3 Å². The Bertz CT molecular complexity index is 1340. The Balaban J connectivity index is 1.59. The first-order valence-corrected chi connectivity index (χ1v) is 11.2. The first kappa shape index (κ1) is 22.2. The third kappa shape index (κ3) is 4.42. The highest BCUT2D eigenvalue weighted by atomic mass is 19.1. The van der Waals surface area contributed by atoms with Gasteiger partial charge in [-0.05, 0) is 58.8 Å². The number of aromatic nitrogens is 5. The Kier molecular flexibility index (Phi) is 6.08. The Morgan fingerprint density at radius 2 is 1.85 bits per heavy atom. The van der Waals surface area contributed by atoms with E-state index in [1.807, 2.05) is 24.3 Å². The average Bonchev–Trinajstić information content (AvgIpc) is 3.29. The molecule has 2 aromatic heterocycles.